The Bertz CT molecular complexity index is 1060. The van der Waals surface area contributed by atoms with E-state index in [1.807, 2.05) is 6.92 Å². The van der Waals surface area contributed by atoms with E-state index in [9.17, 15) is 22.8 Å². The standard InChI is InChI=1S/C17H10F3NO4/c1-8-2-4-9(5-3-8)21-7-12(25-17(23)24)16(22)10-6-11(18)13(19)14(20)15(10)21/h2-7H,1H3,(H,23,24). The Hall–Kier alpha value is -3.29. The van der Waals surface area contributed by atoms with Crippen LogP contribution in [-0.2, 0) is 0 Å². The van der Waals surface area contributed by atoms with E-state index in [1.54, 1.807) is 24.3 Å². The molecular weight excluding hydrogens is 339 g/mol. The Labute approximate surface area is 138 Å². The molecule has 1 heterocycles. The van der Waals surface area contributed by atoms with E-state index < -0.39 is 45.7 Å². The van der Waals surface area contributed by atoms with Crippen molar-refractivity contribution in [2.45, 2.75) is 6.92 Å². The van der Waals surface area contributed by atoms with Crippen LogP contribution in [0.1, 0.15) is 5.56 Å². The summed E-state index contributed by atoms with van der Waals surface area (Å²) >= 11 is 0. The molecule has 1 aromatic heterocycles. The zero-order chi connectivity index (χ0) is 18.3. The van der Waals surface area contributed by atoms with E-state index in [0.717, 1.165) is 16.3 Å². The molecular formula is C17H10F3NO4. The fourth-order valence-electron chi connectivity index (χ4n) is 2.44. The van der Waals surface area contributed by atoms with Crippen LogP contribution >= 0.6 is 0 Å². The molecule has 0 aliphatic rings. The molecule has 0 saturated carbocycles. The highest BCUT2D eigenvalue weighted by molar-refractivity contribution is 5.83. The molecule has 0 fully saturated rings. The summed E-state index contributed by atoms with van der Waals surface area (Å²) in [5.74, 6) is -5.52. The van der Waals surface area contributed by atoms with E-state index in [1.165, 1.54) is 0 Å². The molecule has 1 N–H and O–H groups in total. The van der Waals surface area contributed by atoms with Crippen LogP contribution in [0, 0.1) is 24.4 Å². The number of nitrogens with zero attached hydrogens (tertiary/aromatic N) is 1. The fourth-order valence-corrected chi connectivity index (χ4v) is 2.44. The molecule has 0 spiro atoms. The summed E-state index contributed by atoms with van der Waals surface area (Å²) in [6, 6.07) is 6.95. The number of aromatic nitrogens is 1. The van der Waals surface area contributed by atoms with Crippen molar-refractivity contribution in [3.63, 3.8) is 0 Å². The highest BCUT2D eigenvalue weighted by Gasteiger charge is 2.22. The summed E-state index contributed by atoms with van der Waals surface area (Å²) < 4.78 is 47.0. The van der Waals surface area contributed by atoms with E-state index in [0.29, 0.717) is 11.8 Å². The molecule has 5 nitrogen and oxygen atoms in total. The lowest BCUT2D eigenvalue weighted by molar-refractivity contribution is 0.144. The number of aryl methyl sites for hydroxylation is 1. The fraction of sp³-hybridized carbons (Fsp3) is 0.0588. The van der Waals surface area contributed by atoms with Crippen LogP contribution in [0.3, 0.4) is 0 Å². The topological polar surface area (TPSA) is 68.5 Å². The summed E-state index contributed by atoms with van der Waals surface area (Å²) in [6.45, 7) is 1.81. The van der Waals surface area contributed by atoms with Crippen molar-refractivity contribution in [1.29, 1.82) is 0 Å². The molecule has 0 amide bonds. The first-order chi connectivity index (χ1) is 11.8. The Morgan fingerprint density at radius 3 is 2.36 bits per heavy atom. The van der Waals surface area contributed by atoms with Crippen LogP contribution < -0.4 is 10.2 Å². The van der Waals surface area contributed by atoms with E-state index in [4.69, 9.17) is 5.11 Å². The van der Waals surface area contributed by atoms with Gasteiger partial charge in [-0.3, -0.25) is 4.79 Å². The predicted octanol–water partition coefficient (Wildman–Crippen LogP) is 3.77. The van der Waals surface area contributed by atoms with Crippen molar-refractivity contribution in [1.82, 2.24) is 4.57 Å². The molecule has 0 aliphatic carbocycles. The van der Waals surface area contributed by atoms with E-state index in [-0.39, 0.29) is 0 Å². The highest BCUT2D eigenvalue weighted by Crippen LogP contribution is 2.26. The minimum absolute atomic E-state index is 0.302. The quantitative estimate of drug-likeness (QED) is 0.565. The van der Waals surface area contributed by atoms with E-state index >= 15 is 0 Å². The van der Waals surface area contributed by atoms with Gasteiger partial charge in [0.1, 0.15) is 0 Å². The number of rotatable bonds is 2. The van der Waals surface area contributed by atoms with Crippen molar-refractivity contribution in [3.8, 4) is 11.4 Å². The van der Waals surface area contributed by atoms with Gasteiger partial charge in [-0.05, 0) is 25.1 Å². The van der Waals surface area contributed by atoms with Crippen molar-refractivity contribution < 1.29 is 27.8 Å². The van der Waals surface area contributed by atoms with Crippen LogP contribution in [0.5, 0.6) is 5.75 Å². The summed E-state index contributed by atoms with van der Waals surface area (Å²) in [4.78, 5) is 23.0. The molecule has 3 rings (SSSR count). The van der Waals surface area contributed by atoms with Gasteiger partial charge in [0.15, 0.2) is 23.2 Å². The van der Waals surface area contributed by atoms with Gasteiger partial charge < -0.3 is 14.4 Å². The normalized spacial score (nSPS) is 10.9. The van der Waals surface area contributed by atoms with Gasteiger partial charge in [0.25, 0.3) is 0 Å². The van der Waals surface area contributed by atoms with Gasteiger partial charge in [-0.15, -0.1) is 0 Å². The molecule has 3 aromatic rings. The molecule has 0 saturated heterocycles. The number of pyridine rings is 1. The first kappa shape index (κ1) is 16.6. The van der Waals surface area contributed by atoms with Gasteiger partial charge in [0, 0.05) is 5.69 Å². The molecule has 25 heavy (non-hydrogen) atoms. The van der Waals surface area contributed by atoms with Crippen LogP contribution in [0.15, 0.2) is 41.3 Å². The minimum atomic E-state index is -1.77. The van der Waals surface area contributed by atoms with Crippen LogP contribution in [0.2, 0.25) is 0 Å². The molecule has 0 radical (unpaired) electrons. The number of carboxylic acid groups (broad SMARTS) is 1. The summed E-state index contributed by atoms with van der Waals surface area (Å²) in [5.41, 5.74) is -0.409. The zero-order valence-electron chi connectivity index (χ0n) is 12.7. The van der Waals surface area contributed by atoms with Crippen LogP contribution in [-0.4, -0.2) is 15.8 Å². The van der Waals surface area contributed by atoms with Gasteiger partial charge in [-0.2, -0.15) is 0 Å². The van der Waals surface area contributed by atoms with Gasteiger partial charge in [-0.25, -0.2) is 18.0 Å². The lowest BCUT2D eigenvalue weighted by Crippen LogP contribution is -2.17. The summed E-state index contributed by atoms with van der Waals surface area (Å²) in [5, 5.41) is 8.19. The minimum Gasteiger partial charge on any atom is -0.449 e. The second-order valence-electron chi connectivity index (χ2n) is 5.28. The zero-order valence-corrected chi connectivity index (χ0v) is 12.7. The van der Waals surface area contributed by atoms with Crippen LogP contribution in [0.25, 0.3) is 16.6 Å². The molecule has 0 aliphatic heterocycles. The highest BCUT2D eigenvalue weighted by atomic mass is 19.2. The summed E-state index contributed by atoms with van der Waals surface area (Å²) in [6.07, 6.45) is -0.848. The van der Waals surface area contributed by atoms with Crippen molar-refractivity contribution in [3.05, 3.63) is 69.8 Å². The van der Waals surface area contributed by atoms with Crippen LogP contribution in [0.4, 0.5) is 18.0 Å². The average Bonchev–Trinajstić information content (AvgIpc) is 2.56. The van der Waals surface area contributed by atoms with Crippen molar-refractivity contribution >= 4 is 17.1 Å². The number of fused-ring (bicyclic) bond motifs is 1. The third-order valence-electron chi connectivity index (χ3n) is 3.60. The predicted molar refractivity (Wildman–Crippen MR) is 82.8 cm³/mol. The van der Waals surface area contributed by atoms with Gasteiger partial charge in [0.2, 0.25) is 5.43 Å². The first-order valence-corrected chi connectivity index (χ1v) is 7.00. The Morgan fingerprint density at radius 2 is 1.76 bits per heavy atom. The third kappa shape index (κ3) is 2.82. The smallest absolute Gasteiger partial charge is 0.449 e. The van der Waals surface area contributed by atoms with Gasteiger partial charge in [-0.1, -0.05) is 17.7 Å². The molecule has 2 aromatic carbocycles. The second-order valence-corrected chi connectivity index (χ2v) is 5.28. The lowest BCUT2D eigenvalue weighted by atomic mass is 10.1. The second kappa shape index (κ2) is 5.97. The number of benzene rings is 2. The molecule has 8 heteroatoms. The summed E-state index contributed by atoms with van der Waals surface area (Å²) in [7, 11) is 0. The maximum Gasteiger partial charge on any atom is 0.511 e. The van der Waals surface area contributed by atoms with Crippen molar-refractivity contribution in [2.24, 2.45) is 0 Å². The SMILES string of the molecule is Cc1ccc(-n2cc(OC(=O)O)c(=O)c3cc(F)c(F)c(F)c32)cc1. The molecule has 0 unspecified atom stereocenters. The Balaban J connectivity index is 2.46. The number of carbonyl (C=O) groups is 1. The van der Waals surface area contributed by atoms with Gasteiger partial charge in [0.05, 0.1) is 17.1 Å². The Morgan fingerprint density at radius 1 is 1.12 bits per heavy atom. The number of ether oxygens (including phenoxy) is 1. The Kier molecular flexibility index (Phi) is 3.96. The third-order valence-corrected chi connectivity index (χ3v) is 3.60. The molecule has 0 atom stereocenters. The molecule has 0 bridgehead atoms. The maximum absolute atomic E-state index is 14.3. The average molecular weight is 349 g/mol. The van der Waals surface area contributed by atoms with Gasteiger partial charge >= 0.3 is 6.16 Å². The molecule has 128 valence electrons. The number of hydrogen-bond donors (Lipinski definition) is 1. The lowest BCUT2D eigenvalue weighted by Gasteiger charge is -2.14. The first-order valence-electron chi connectivity index (χ1n) is 7.00. The number of hydrogen-bond acceptors (Lipinski definition) is 3. The maximum atomic E-state index is 14.3. The van der Waals surface area contributed by atoms with Crippen molar-refractivity contribution in [2.75, 3.05) is 0 Å². The number of halogens is 3. The largest absolute Gasteiger partial charge is 0.511 e. The monoisotopic (exact) mass is 349 g/mol. The van der Waals surface area contributed by atoms with E-state index in [2.05, 4.69) is 4.74 Å².